The van der Waals surface area contributed by atoms with Crippen LogP contribution in [-0.2, 0) is 27.3 Å². The van der Waals surface area contributed by atoms with Crippen molar-refractivity contribution in [2.75, 3.05) is 31.2 Å². The third-order valence-corrected chi connectivity index (χ3v) is 6.01. The van der Waals surface area contributed by atoms with Crippen molar-refractivity contribution < 1.29 is 19.4 Å². The van der Waals surface area contributed by atoms with E-state index in [4.69, 9.17) is 14.6 Å². The van der Waals surface area contributed by atoms with Gasteiger partial charge in [0.15, 0.2) is 5.65 Å². The van der Waals surface area contributed by atoms with Crippen LogP contribution in [-0.4, -0.2) is 57.6 Å². The number of ether oxygens (including phenoxy) is 2. The summed E-state index contributed by atoms with van der Waals surface area (Å²) in [5.74, 6) is -0.0196. The quantitative estimate of drug-likeness (QED) is 0.826. The number of anilines is 1. The molecule has 0 aliphatic carbocycles. The van der Waals surface area contributed by atoms with E-state index in [1.807, 2.05) is 13.0 Å². The highest BCUT2D eigenvalue weighted by atomic mass is 16.5. The molecule has 0 unspecified atom stereocenters. The molecule has 158 valence electrons. The van der Waals surface area contributed by atoms with Gasteiger partial charge >= 0.3 is 5.97 Å². The van der Waals surface area contributed by atoms with E-state index in [9.17, 15) is 9.90 Å². The maximum Gasteiger partial charge on any atom is 0.308 e. The third-order valence-electron chi connectivity index (χ3n) is 6.01. The molecule has 8 heteroatoms. The highest BCUT2D eigenvalue weighted by molar-refractivity contribution is 5.74. The molecule has 2 aromatic rings. The standard InChI is InChI=1S/C21H30N4O4/c1-15-17(13-19(26)27)20-24-8-6-21(2,7-9-24)29-11-5-3-4-10-28-14-16-12-18(22-15)25(20)23-16/h12H,3-11,13-14H2,1-2H3,(H,26,27). The molecule has 4 bridgehead atoms. The van der Waals surface area contributed by atoms with Crippen LogP contribution < -0.4 is 4.90 Å². The summed E-state index contributed by atoms with van der Waals surface area (Å²) in [7, 11) is 0. The van der Waals surface area contributed by atoms with E-state index in [1.54, 1.807) is 4.52 Å². The molecule has 5 heterocycles. The molecule has 5 rings (SSSR count). The molecule has 0 saturated carbocycles. The van der Waals surface area contributed by atoms with Crippen LogP contribution in [0.1, 0.15) is 56.0 Å². The second kappa shape index (κ2) is 8.28. The molecule has 3 aliphatic rings. The van der Waals surface area contributed by atoms with Crippen molar-refractivity contribution in [1.82, 2.24) is 14.6 Å². The van der Waals surface area contributed by atoms with Crippen LogP contribution in [0.15, 0.2) is 6.07 Å². The zero-order chi connectivity index (χ0) is 20.4. The van der Waals surface area contributed by atoms with Gasteiger partial charge in [0.05, 0.1) is 24.3 Å². The van der Waals surface area contributed by atoms with E-state index in [1.165, 1.54) is 0 Å². The van der Waals surface area contributed by atoms with Gasteiger partial charge in [0, 0.05) is 43.6 Å². The molecule has 1 fully saturated rings. The van der Waals surface area contributed by atoms with E-state index in [-0.39, 0.29) is 12.0 Å². The smallest absolute Gasteiger partial charge is 0.308 e. The Labute approximate surface area is 170 Å². The van der Waals surface area contributed by atoms with Gasteiger partial charge < -0.3 is 19.5 Å². The summed E-state index contributed by atoms with van der Waals surface area (Å²) >= 11 is 0. The van der Waals surface area contributed by atoms with Crippen molar-refractivity contribution in [2.24, 2.45) is 0 Å². The number of carboxylic acids is 1. The number of nitrogens with zero attached hydrogens (tertiary/aromatic N) is 4. The normalized spacial score (nSPS) is 20.4. The molecule has 0 atom stereocenters. The predicted octanol–water partition coefficient (Wildman–Crippen LogP) is 2.74. The van der Waals surface area contributed by atoms with E-state index in [2.05, 4.69) is 16.8 Å². The molecule has 0 aromatic carbocycles. The van der Waals surface area contributed by atoms with Crippen LogP contribution in [0, 0.1) is 6.92 Å². The Balaban J connectivity index is 1.76. The first-order chi connectivity index (χ1) is 14.0. The molecule has 0 spiro atoms. The van der Waals surface area contributed by atoms with Gasteiger partial charge in [-0.15, -0.1) is 0 Å². The number of carbonyl (C=O) groups is 1. The van der Waals surface area contributed by atoms with Gasteiger partial charge in [0.2, 0.25) is 0 Å². The number of aliphatic carboxylic acids is 1. The first-order valence-electron chi connectivity index (χ1n) is 10.5. The Morgan fingerprint density at radius 2 is 2.00 bits per heavy atom. The maximum atomic E-state index is 11.6. The number of aryl methyl sites for hydroxylation is 1. The fraction of sp³-hybridized carbons (Fsp3) is 0.667. The Morgan fingerprint density at radius 3 is 2.76 bits per heavy atom. The number of piperidine rings is 1. The fourth-order valence-electron chi connectivity index (χ4n) is 4.25. The average molecular weight is 402 g/mol. The number of hydrogen-bond acceptors (Lipinski definition) is 6. The summed E-state index contributed by atoms with van der Waals surface area (Å²) in [4.78, 5) is 18.4. The molecule has 2 aromatic heterocycles. The topological polar surface area (TPSA) is 89.2 Å². The second-order valence-corrected chi connectivity index (χ2v) is 8.37. The van der Waals surface area contributed by atoms with E-state index >= 15 is 0 Å². The summed E-state index contributed by atoms with van der Waals surface area (Å²) in [5, 5.41) is 14.2. The SMILES string of the molecule is Cc1nc2cc3nn2c(c1CC(=O)O)N1CCC(C)(CC1)OCCCCCOC3. The number of fused-ring (bicyclic) bond motifs is 9. The Hall–Kier alpha value is -2.19. The summed E-state index contributed by atoms with van der Waals surface area (Å²) in [6.07, 6.45) is 4.88. The number of rotatable bonds is 2. The van der Waals surface area contributed by atoms with Crippen molar-refractivity contribution in [3.05, 3.63) is 23.0 Å². The Morgan fingerprint density at radius 1 is 1.24 bits per heavy atom. The summed E-state index contributed by atoms with van der Waals surface area (Å²) < 4.78 is 13.8. The second-order valence-electron chi connectivity index (χ2n) is 8.37. The van der Waals surface area contributed by atoms with Gasteiger partial charge in [0.1, 0.15) is 5.82 Å². The highest BCUT2D eigenvalue weighted by Gasteiger charge is 2.33. The van der Waals surface area contributed by atoms with Crippen LogP contribution >= 0.6 is 0 Å². The van der Waals surface area contributed by atoms with Crippen molar-refractivity contribution >= 4 is 17.4 Å². The van der Waals surface area contributed by atoms with Crippen LogP contribution in [0.5, 0.6) is 0 Å². The molecule has 3 aliphatic heterocycles. The maximum absolute atomic E-state index is 11.6. The van der Waals surface area contributed by atoms with Gasteiger partial charge in [0.25, 0.3) is 0 Å². The van der Waals surface area contributed by atoms with Gasteiger partial charge in [-0.05, 0) is 46.0 Å². The fourth-order valence-corrected chi connectivity index (χ4v) is 4.25. The number of carboxylic acid groups (broad SMARTS) is 1. The minimum absolute atomic E-state index is 0.0694. The minimum atomic E-state index is -0.862. The largest absolute Gasteiger partial charge is 0.481 e. The summed E-state index contributed by atoms with van der Waals surface area (Å²) in [6, 6.07) is 1.94. The number of aromatic nitrogens is 3. The Kier molecular flexibility index (Phi) is 5.74. The molecular formula is C21H30N4O4. The lowest BCUT2D eigenvalue weighted by atomic mass is 9.92. The molecule has 8 nitrogen and oxygen atoms in total. The van der Waals surface area contributed by atoms with E-state index in [0.29, 0.717) is 13.2 Å². The molecule has 0 amide bonds. The molecule has 29 heavy (non-hydrogen) atoms. The third kappa shape index (κ3) is 4.38. The Bertz CT molecular complexity index is 886. The summed E-state index contributed by atoms with van der Waals surface area (Å²) in [5.41, 5.74) is 2.89. The van der Waals surface area contributed by atoms with Crippen LogP contribution in [0.2, 0.25) is 0 Å². The molecule has 1 N–H and O–H groups in total. The average Bonchev–Trinajstić information content (AvgIpc) is 3.06. The van der Waals surface area contributed by atoms with Crippen LogP contribution in [0.3, 0.4) is 0 Å². The van der Waals surface area contributed by atoms with Crippen molar-refractivity contribution in [3.8, 4) is 0 Å². The van der Waals surface area contributed by atoms with Crippen molar-refractivity contribution in [1.29, 1.82) is 0 Å². The first-order valence-corrected chi connectivity index (χ1v) is 10.5. The van der Waals surface area contributed by atoms with Crippen molar-refractivity contribution in [3.63, 3.8) is 0 Å². The zero-order valence-corrected chi connectivity index (χ0v) is 17.3. The molecular weight excluding hydrogens is 372 g/mol. The predicted molar refractivity (Wildman–Crippen MR) is 108 cm³/mol. The van der Waals surface area contributed by atoms with Gasteiger partial charge in [-0.1, -0.05) is 0 Å². The van der Waals surface area contributed by atoms with E-state index < -0.39 is 5.97 Å². The first kappa shape index (κ1) is 20.1. The lowest BCUT2D eigenvalue weighted by Gasteiger charge is -2.41. The van der Waals surface area contributed by atoms with Crippen LogP contribution in [0.4, 0.5) is 5.82 Å². The van der Waals surface area contributed by atoms with Crippen LogP contribution in [0.25, 0.3) is 5.65 Å². The van der Waals surface area contributed by atoms with E-state index in [0.717, 1.165) is 80.2 Å². The number of hydrogen-bond donors (Lipinski definition) is 1. The summed E-state index contributed by atoms with van der Waals surface area (Å²) in [6.45, 7) is 7.57. The van der Waals surface area contributed by atoms with Crippen molar-refractivity contribution in [2.45, 2.75) is 64.6 Å². The monoisotopic (exact) mass is 402 g/mol. The van der Waals surface area contributed by atoms with Gasteiger partial charge in [-0.2, -0.15) is 9.61 Å². The van der Waals surface area contributed by atoms with Gasteiger partial charge in [-0.3, -0.25) is 4.79 Å². The zero-order valence-electron chi connectivity index (χ0n) is 17.3. The highest BCUT2D eigenvalue weighted by Crippen LogP contribution is 2.32. The lowest BCUT2D eigenvalue weighted by molar-refractivity contribution is -0.136. The molecule has 1 saturated heterocycles. The van der Waals surface area contributed by atoms with Gasteiger partial charge in [-0.25, -0.2) is 4.98 Å². The molecule has 0 radical (unpaired) electrons. The minimum Gasteiger partial charge on any atom is -0.481 e. The lowest BCUT2D eigenvalue weighted by Crippen LogP contribution is -2.45.